The highest BCUT2D eigenvalue weighted by atomic mass is 16.2. The molecule has 1 amide bonds. The number of amides is 1. The van der Waals surface area contributed by atoms with E-state index in [0.29, 0.717) is 12.3 Å². The highest BCUT2D eigenvalue weighted by molar-refractivity contribution is 5.76. The lowest BCUT2D eigenvalue weighted by Gasteiger charge is -2.17. The van der Waals surface area contributed by atoms with Gasteiger partial charge < -0.3 is 10.2 Å². The Morgan fingerprint density at radius 3 is 2.87 bits per heavy atom. The van der Waals surface area contributed by atoms with Crippen molar-refractivity contribution in [3.63, 3.8) is 0 Å². The summed E-state index contributed by atoms with van der Waals surface area (Å²) < 4.78 is 0. The zero-order valence-electron chi connectivity index (χ0n) is 9.30. The predicted octanol–water partition coefficient (Wildman–Crippen LogP) is 1.31. The quantitative estimate of drug-likeness (QED) is 0.709. The van der Waals surface area contributed by atoms with Crippen molar-refractivity contribution in [2.75, 3.05) is 26.2 Å². The molecule has 15 heavy (non-hydrogen) atoms. The topological polar surface area (TPSA) is 32.3 Å². The Kier molecular flexibility index (Phi) is 3.78. The third kappa shape index (κ3) is 3.06. The maximum atomic E-state index is 11.8. The molecule has 2 aliphatic heterocycles. The molecule has 0 atom stereocenters. The molecule has 2 heterocycles. The van der Waals surface area contributed by atoms with Gasteiger partial charge >= 0.3 is 0 Å². The van der Waals surface area contributed by atoms with Crippen LogP contribution >= 0.6 is 0 Å². The van der Waals surface area contributed by atoms with E-state index < -0.39 is 0 Å². The van der Waals surface area contributed by atoms with Crippen molar-refractivity contribution in [2.24, 2.45) is 0 Å². The number of hydrogen-bond donors (Lipinski definition) is 1. The normalized spacial score (nSPS) is 21.6. The lowest BCUT2D eigenvalue weighted by Crippen LogP contribution is -2.27. The van der Waals surface area contributed by atoms with Gasteiger partial charge in [-0.25, -0.2) is 0 Å². The SMILES string of the molecule is O=C(CCC1=CCNCC1)N1CCCC1. The number of nitrogens with zero attached hydrogens (tertiary/aromatic N) is 1. The molecule has 1 N–H and O–H groups in total. The summed E-state index contributed by atoms with van der Waals surface area (Å²) in [5.41, 5.74) is 1.46. The second-order valence-corrected chi connectivity index (χ2v) is 4.40. The Morgan fingerprint density at radius 1 is 1.40 bits per heavy atom. The van der Waals surface area contributed by atoms with E-state index in [-0.39, 0.29) is 0 Å². The van der Waals surface area contributed by atoms with Crippen LogP contribution in [0.5, 0.6) is 0 Å². The third-order valence-corrected chi connectivity index (χ3v) is 3.28. The first-order valence-corrected chi connectivity index (χ1v) is 6.02. The van der Waals surface area contributed by atoms with E-state index in [1.165, 1.54) is 18.4 Å². The van der Waals surface area contributed by atoms with Crippen LogP contribution in [0.2, 0.25) is 0 Å². The van der Waals surface area contributed by atoms with Gasteiger partial charge in [0.2, 0.25) is 5.91 Å². The molecule has 0 unspecified atom stereocenters. The first kappa shape index (κ1) is 10.7. The molecule has 0 radical (unpaired) electrons. The van der Waals surface area contributed by atoms with Crippen LogP contribution in [0.25, 0.3) is 0 Å². The highest BCUT2D eigenvalue weighted by Crippen LogP contribution is 2.15. The van der Waals surface area contributed by atoms with Crippen molar-refractivity contribution in [1.82, 2.24) is 10.2 Å². The lowest BCUT2D eigenvalue weighted by atomic mass is 10.0. The zero-order valence-corrected chi connectivity index (χ0v) is 9.30. The summed E-state index contributed by atoms with van der Waals surface area (Å²) in [5.74, 6) is 0.354. The molecule has 3 heteroatoms. The van der Waals surface area contributed by atoms with E-state index in [4.69, 9.17) is 0 Å². The minimum absolute atomic E-state index is 0.354. The van der Waals surface area contributed by atoms with E-state index in [1.54, 1.807) is 0 Å². The minimum atomic E-state index is 0.354. The minimum Gasteiger partial charge on any atom is -0.343 e. The second kappa shape index (κ2) is 5.31. The number of carbonyl (C=O) groups excluding carboxylic acids is 1. The van der Waals surface area contributed by atoms with E-state index in [1.807, 2.05) is 4.90 Å². The summed E-state index contributed by atoms with van der Waals surface area (Å²) in [4.78, 5) is 13.8. The van der Waals surface area contributed by atoms with Gasteiger partial charge in [-0.1, -0.05) is 11.6 Å². The Labute approximate surface area is 91.5 Å². The molecule has 0 aromatic carbocycles. The first-order chi connectivity index (χ1) is 7.36. The maximum Gasteiger partial charge on any atom is 0.222 e. The Hall–Kier alpha value is -0.830. The average molecular weight is 208 g/mol. The Bertz CT molecular complexity index is 254. The predicted molar refractivity (Wildman–Crippen MR) is 60.6 cm³/mol. The summed E-state index contributed by atoms with van der Waals surface area (Å²) >= 11 is 0. The molecule has 0 spiro atoms. The zero-order chi connectivity index (χ0) is 10.5. The number of hydrogen-bond acceptors (Lipinski definition) is 2. The van der Waals surface area contributed by atoms with E-state index >= 15 is 0 Å². The van der Waals surface area contributed by atoms with Crippen molar-refractivity contribution in [3.8, 4) is 0 Å². The maximum absolute atomic E-state index is 11.8. The van der Waals surface area contributed by atoms with Crippen molar-refractivity contribution in [3.05, 3.63) is 11.6 Å². The second-order valence-electron chi connectivity index (χ2n) is 4.40. The van der Waals surface area contributed by atoms with Gasteiger partial charge in [-0.05, 0) is 32.2 Å². The van der Waals surface area contributed by atoms with Gasteiger partial charge in [0.15, 0.2) is 0 Å². The molecule has 1 saturated heterocycles. The van der Waals surface area contributed by atoms with Crippen LogP contribution in [-0.4, -0.2) is 37.0 Å². The monoisotopic (exact) mass is 208 g/mol. The van der Waals surface area contributed by atoms with Gasteiger partial charge in [-0.2, -0.15) is 0 Å². The summed E-state index contributed by atoms with van der Waals surface area (Å²) in [6.45, 7) is 4.02. The van der Waals surface area contributed by atoms with Crippen LogP contribution in [0, 0.1) is 0 Å². The van der Waals surface area contributed by atoms with Gasteiger partial charge in [0.05, 0.1) is 0 Å². The smallest absolute Gasteiger partial charge is 0.222 e. The summed E-state index contributed by atoms with van der Waals surface area (Å²) in [6, 6.07) is 0. The molecule has 2 aliphatic rings. The lowest BCUT2D eigenvalue weighted by molar-refractivity contribution is -0.130. The van der Waals surface area contributed by atoms with E-state index in [2.05, 4.69) is 11.4 Å². The first-order valence-electron chi connectivity index (χ1n) is 6.02. The number of nitrogens with one attached hydrogen (secondary N) is 1. The summed E-state index contributed by atoms with van der Waals surface area (Å²) in [6.07, 6.45) is 7.42. The van der Waals surface area contributed by atoms with E-state index in [0.717, 1.165) is 39.0 Å². The van der Waals surface area contributed by atoms with Crippen molar-refractivity contribution < 1.29 is 4.79 Å². The number of rotatable bonds is 3. The molecule has 0 aliphatic carbocycles. The van der Waals surface area contributed by atoms with Gasteiger partial charge in [-0.3, -0.25) is 4.79 Å². The number of carbonyl (C=O) groups is 1. The highest BCUT2D eigenvalue weighted by Gasteiger charge is 2.17. The molecule has 0 saturated carbocycles. The molecular weight excluding hydrogens is 188 g/mol. The third-order valence-electron chi connectivity index (χ3n) is 3.28. The van der Waals surface area contributed by atoms with Gasteiger partial charge in [-0.15, -0.1) is 0 Å². The Morgan fingerprint density at radius 2 is 2.20 bits per heavy atom. The molecule has 0 aromatic heterocycles. The van der Waals surface area contributed by atoms with Gasteiger partial charge in [0, 0.05) is 26.1 Å². The van der Waals surface area contributed by atoms with Crippen molar-refractivity contribution in [1.29, 1.82) is 0 Å². The summed E-state index contributed by atoms with van der Waals surface area (Å²) in [7, 11) is 0. The van der Waals surface area contributed by atoms with Gasteiger partial charge in [0.1, 0.15) is 0 Å². The standard InChI is InChI=1S/C12H20N2O/c15-12(14-9-1-2-10-14)4-3-11-5-7-13-8-6-11/h5,13H,1-4,6-10H2. The fourth-order valence-corrected chi connectivity index (χ4v) is 2.29. The van der Waals surface area contributed by atoms with E-state index in [9.17, 15) is 4.79 Å². The summed E-state index contributed by atoms with van der Waals surface area (Å²) in [5, 5.41) is 3.29. The van der Waals surface area contributed by atoms with Gasteiger partial charge in [0.25, 0.3) is 0 Å². The molecule has 84 valence electrons. The molecule has 2 rings (SSSR count). The molecule has 3 nitrogen and oxygen atoms in total. The van der Waals surface area contributed by atoms with Crippen molar-refractivity contribution in [2.45, 2.75) is 32.1 Å². The van der Waals surface area contributed by atoms with Crippen molar-refractivity contribution >= 4 is 5.91 Å². The van der Waals surface area contributed by atoms with Crippen LogP contribution in [0.15, 0.2) is 11.6 Å². The largest absolute Gasteiger partial charge is 0.343 e. The van der Waals surface area contributed by atoms with Crippen LogP contribution in [0.3, 0.4) is 0 Å². The fourth-order valence-electron chi connectivity index (χ4n) is 2.29. The van der Waals surface area contributed by atoms with Crippen LogP contribution in [0.4, 0.5) is 0 Å². The van der Waals surface area contributed by atoms with Crippen LogP contribution in [-0.2, 0) is 4.79 Å². The molecule has 0 aromatic rings. The fraction of sp³-hybridized carbons (Fsp3) is 0.750. The number of likely N-dealkylation sites (tertiary alicyclic amines) is 1. The molecular formula is C12H20N2O. The molecule has 0 bridgehead atoms. The van der Waals surface area contributed by atoms with Crippen LogP contribution in [0.1, 0.15) is 32.1 Å². The Balaban J connectivity index is 1.72. The average Bonchev–Trinajstić information content (AvgIpc) is 2.81. The van der Waals surface area contributed by atoms with Crippen LogP contribution < -0.4 is 5.32 Å². The molecule has 1 fully saturated rings.